The lowest BCUT2D eigenvalue weighted by atomic mass is 9.84. The average molecular weight is 420 g/mol. The van der Waals surface area contributed by atoms with Crippen molar-refractivity contribution in [2.75, 3.05) is 7.05 Å². The number of aliphatic hydroxyl groups excluding tert-OH is 2. The van der Waals surface area contributed by atoms with Crippen molar-refractivity contribution in [3.05, 3.63) is 70.3 Å². The highest BCUT2D eigenvalue weighted by atomic mass is 19.1. The zero-order valence-electron chi connectivity index (χ0n) is 19.1. The summed E-state index contributed by atoms with van der Waals surface area (Å²) in [5.74, 6) is -0.765. The van der Waals surface area contributed by atoms with Gasteiger partial charge in [0.25, 0.3) is 0 Å². The number of halogens is 2. The van der Waals surface area contributed by atoms with Crippen LogP contribution < -0.4 is 0 Å². The van der Waals surface area contributed by atoms with Crippen LogP contribution in [-0.2, 0) is 13.1 Å². The van der Waals surface area contributed by atoms with Crippen LogP contribution in [0, 0.1) is 22.5 Å². The van der Waals surface area contributed by atoms with E-state index in [1.54, 1.807) is 31.3 Å². The van der Waals surface area contributed by atoms with Crippen molar-refractivity contribution in [3.8, 4) is 0 Å². The van der Waals surface area contributed by atoms with Crippen molar-refractivity contribution in [2.24, 2.45) is 10.8 Å². The Morgan fingerprint density at radius 2 is 1.07 bits per heavy atom. The van der Waals surface area contributed by atoms with Gasteiger partial charge in [0.1, 0.15) is 11.6 Å². The van der Waals surface area contributed by atoms with E-state index in [1.807, 2.05) is 46.4 Å². The molecule has 2 atom stereocenters. The lowest BCUT2D eigenvalue weighted by Gasteiger charge is -2.27. The van der Waals surface area contributed by atoms with Gasteiger partial charge in [-0.15, -0.1) is 0 Å². The maximum absolute atomic E-state index is 14.6. The Bertz CT molecular complexity index is 797. The second-order valence-electron chi connectivity index (χ2n) is 10.4. The van der Waals surface area contributed by atoms with Crippen LogP contribution in [0.25, 0.3) is 0 Å². The van der Waals surface area contributed by atoms with Crippen LogP contribution in [0.2, 0.25) is 0 Å². The van der Waals surface area contributed by atoms with Crippen LogP contribution in [-0.4, -0.2) is 22.2 Å². The van der Waals surface area contributed by atoms with Crippen molar-refractivity contribution >= 4 is 0 Å². The third kappa shape index (κ3) is 6.10. The molecule has 2 unspecified atom stereocenters. The molecule has 3 nitrogen and oxygen atoms in total. The first-order chi connectivity index (χ1) is 13.7. The molecule has 5 heteroatoms. The van der Waals surface area contributed by atoms with Crippen LogP contribution in [0.4, 0.5) is 8.78 Å². The van der Waals surface area contributed by atoms with Crippen molar-refractivity contribution in [1.82, 2.24) is 4.90 Å². The summed E-state index contributed by atoms with van der Waals surface area (Å²) < 4.78 is 29.2. The molecule has 2 aromatic carbocycles. The summed E-state index contributed by atoms with van der Waals surface area (Å²) in [6.45, 7) is 12.0. The van der Waals surface area contributed by atoms with E-state index in [-0.39, 0.29) is 22.5 Å². The van der Waals surface area contributed by atoms with E-state index in [0.29, 0.717) is 35.3 Å². The van der Waals surface area contributed by atoms with Crippen molar-refractivity contribution in [2.45, 2.75) is 66.8 Å². The predicted octanol–water partition coefficient (Wildman–Crippen LogP) is 5.76. The van der Waals surface area contributed by atoms with Crippen molar-refractivity contribution < 1.29 is 19.0 Å². The molecule has 0 aliphatic rings. The molecule has 2 N–H and O–H groups in total. The van der Waals surface area contributed by atoms with E-state index < -0.39 is 12.2 Å². The minimum atomic E-state index is -0.755. The summed E-state index contributed by atoms with van der Waals surface area (Å²) >= 11 is 0. The Morgan fingerprint density at radius 3 is 1.33 bits per heavy atom. The molecule has 0 bridgehead atoms. The third-order valence-corrected chi connectivity index (χ3v) is 5.31. The molecule has 166 valence electrons. The second-order valence-corrected chi connectivity index (χ2v) is 10.4. The summed E-state index contributed by atoms with van der Waals surface area (Å²) in [4.78, 5) is 1.83. The van der Waals surface area contributed by atoms with Crippen LogP contribution in [0.15, 0.2) is 36.4 Å². The standard InChI is InChI=1S/C25H35F2NO2/c1-24(2,3)22(29)16-8-10-18(20(26)12-16)14-28(7)15-19-11-9-17(13-21(19)27)23(30)25(4,5)6/h8-13,22-23,29-30H,14-15H2,1-7H3. The fraction of sp³-hybridized carbons (Fsp3) is 0.520. The summed E-state index contributed by atoms with van der Waals surface area (Å²) in [6, 6.07) is 9.59. The van der Waals surface area contributed by atoms with Crippen LogP contribution >= 0.6 is 0 Å². The fourth-order valence-corrected chi connectivity index (χ4v) is 3.36. The lowest BCUT2D eigenvalue weighted by molar-refractivity contribution is 0.0623. The molecule has 0 amide bonds. The molecule has 0 aromatic heterocycles. The van der Waals surface area contributed by atoms with Crippen LogP contribution in [0.3, 0.4) is 0 Å². The summed E-state index contributed by atoms with van der Waals surface area (Å²) in [5.41, 5.74) is 1.31. The molecule has 0 saturated carbocycles. The van der Waals surface area contributed by atoms with Gasteiger partial charge in [-0.25, -0.2) is 8.78 Å². The van der Waals surface area contributed by atoms with Gasteiger partial charge in [0.05, 0.1) is 12.2 Å². The van der Waals surface area contributed by atoms with Gasteiger partial charge in [-0.1, -0.05) is 65.8 Å². The second kappa shape index (κ2) is 9.13. The van der Waals surface area contributed by atoms with Gasteiger partial charge in [-0.05, 0) is 41.1 Å². The fourth-order valence-electron chi connectivity index (χ4n) is 3.36. The zero-order chi connectivity index (χ0) is 22.9. The minimum absolute atomic E-state index is 0.309. The number of benzene rings is 2. The highest BCUT2D eigenvalue weighted by Crippen LogP contribution is 2.34. The van der Waals surface area contributed by atoms with Crippen molar-refractivity contribution in [3.63, 3.8) is 0 Å². The molecule has 2 rings (SSSR count). The van der Waals surface area contributed by atoms with E-state index in [0.717, 1.165) is 0 Å². The van der Waals surface area contributed by atoms with E-state index in [4.69, 9.17) is 0 Å². The number of aliphatic hydroxyl groups is 2. The highest BCUT2D eigenvalue weighted by Gasteiger charge is 2.26. The Labute approximate surface area is 179 Å². The third-order valence-electron chi connectivity index (χ3n) is 5.31. The molecule has 0 radical (unpaired) electrons. The highest BCUT2D eigenvalue weighted by molar-refractivity contribution is 5.28. The van der Waals surface area contributed by atoms with E-state index in [9.17, 15) is 19.0 Å². The molecule has 0 saturated heterocycles. The Balaban J connectivity index is 2.10. The quantitative estimate of drug-likeness (QED) is 0.626. The minimum Gasteiger partial charge on any atom is -0.388 e. The van der Waals surface area contributed by atoms with Gasteiger partial charge < -0.3 is 10.2 Å². The average Bonchev–Trinajstić information content (AvgIpc) is 2.62. The molecule has 2 aromatic rings. The van der Waals surface area contributed by atoms with Crippen LogP contribution in [0.1, 0.15) is 76.0 Å². The van der Waals surface area contributed by atoms with E-state index in [1.165, 1.54) is 12.1 Å². The van der Waals surface area contributed by atoms with Gasteiger partial charge in [0, 0.05) is 24.2 Å². The van der Waals surface area contributed by atoms with Gasteiger partial charge >= 0.3 is 0 Å². The summed E-state index contributed by atoms with van der Waals surface area (Å²) in [7, 11) is 1.80. The Hall–Kier alpha value is -1.82. The summed E-state index contributed by atoms with van der Waals surface area (Å²) in [5, 5.41) is 20.7. The zero-order valence-corrected chi connectivity index (χ0v) is 19.1. The van der Waals surface area contributed by atoms with Crippen molar-refractivity contribution in [1.29, 1.82) is 0 Å². The predicted molar refractivity (Wildman–Crippen MR) is 117 cm³/mol. The van der Waals surface area contributed by atoms with Crippen LogP contribution in [0.5, 0.6) is 0 Å². The first kappa shape index (κ1) is 24.4. The van der Waals surface area contributed by atoms with Gasteiger partial charge in [0.2, 0.25) is 0 Å². The molecule has 0 spiro atoms. The Morgan fingerprint density at radius 1 is 0.733 bits per heavy atom. The maximum Gasteiger partial charge on any atom is 0.128 e. The molecule has 30 heavy (non-hydrogen) atoms. The van der Waals surface area contributed by atoms with Gasteiger partial charge in [-0.2, -0.15) is 0 Å². The summed E-state index contributed by atoms with van der Waals surface area (Å²) in [6.07, 6.45) is -1.51. The molecular weight excluding hydrogens is 384 g/mol. The number of hydrogen-bond donors (Lipinski definition) is 2. The normalized spacial score (nSPS) is 14.8. The molecule has 0 aliphatic heterocycles. The first-order valence-corrected chi connectivity index (χ1v) is 10.3. The number of hydrogen-bond acceptors (Lipinski definition) is 3. The largest absolute Gasteiger partial charge is 0.388 e. The first-order valence-electron chi connectivity index (χ1n) is 10.3. The van der Waals surface area contributed by atoms with E-state index >= 15 is 0 Å². The smallest absolute Gasteiger partial charge is 0.128 e. The van der Waals surface area contributed by atoms with Gasteiger partial charge in [-0.3, -0.25) is 4.90 Å². The number of rotatable bonds is 6. The van der Waals surface area contributed by atoms with Gasteiger partial charge in [0.15, 0.2) is 0 Å². The Kier molecular flexibility index (Phi) is 7.44. The van der Waals surface area contributed by atoms with E-state index in [2.05, 4.69) is 0 Å². The molecule has 0 heterocycles. The molecule has 0 aliphatic carbocycles. The molecular formula is C25H35F2NO2. The monoisotopic (exact) mass is 419 g/mol. The topological polar surface area (TPSA) is 43.7 Å². The number of nitrogens with zero attached hydrogens (tertiary/aromatic N) is 1. The lowest BCUT2D eigenvalue weighted by Crippen LogP contribution is -2.21. The maximum atomic E-state index is 14.6. The SMILES string of the molecule is CN(Cc1ccc(C(O)C(C)(C)C)cc1F)Cc1ccc(C(O)C(C)(C)C)cc1F. The molecule has 0 fully saturated rings.